The van der Waals surface area contributed by atoms with Gasteiger partial charge in [-0.3, -0.25) is 9.52 Å². The van der Waals surface area contributed by atoms with Gasteiger partial charge in [0.15, 0.2) is 0 Å². The van der Waals surface area contributed by atoms with E-state index in [4.69, 9.17) is 9.47 Å². The summed E-state index contributed by atoms with van der Waals surface area (Å²) in [5.41, 5.74) is -1.42. The molecule has 0 atom stereocenters. The molecule has 1 rings (SSSR count). The monoisotopic (exact) mass is 369 g/mol. The third-order valence-electron chi connectivity index (χ3n) is 2.49. The van der Waals surface area contributed by atoms with Gasteiger partial charge >= 0.3 is 12.2 Å². The number of carbonyl (C=O) groups is 3. The molecule has 0 aromatic carbocycles. The zero-order chi connectivity index (χ0) is 19.4. The molecule has 8 nitrogen and oxygen atoms in total. The summed E-state index contributed by atoms with van der Waals surface area (Å²) in [6, 6.07) is 2.74. The van der Waals surface area contributed by atoms with Crippen molar-refractivity contribution in [2.45, 2.75) is 52.7 Å². The maximum absolute atomic E-state index is 12.4. The number of aromatic nitrogens is 1. The molecule has 0 aliphatic heterocycles. The van der Waals surface area contributed by atoms with Crippen LogP contribution in [0.25, 0.3) is 0 Å². The molecule has 0 saturated carbocycles. The van der Waals surface area contributed by atoms with Crippen LogP contribution in [0.5, 0.6) is 0 Å². The maximum Gasteiger partial charge on any atom is 0.425 e. The minimum atomic E-state index is -0.930. The lowest BCUT2D eigenvalue weighted by atomic mass is 10.2. The number of ether oxygens (including phenoxy) is 2. The normalized spacial score (nSPS) is 11.5. The fourth-order valence-electron chi connectivity index (χ4n) is 1.59. The first kappa shape index (κ1) is 20.8. The van der Waals surface area contributed by atoms with Crippen LogP contribution < -0.4 is 9.62 Å². The number of rotatable bonds is 2. The van der Waals surface area contributed by atoms with Crippen molar-refractivity contribution < 1.29 is 23.9 Å². The lowest BCUT2D eigenvalue weighted by Crippen LogP contribution is -2.44. The lowest BCUT2D eigenvalue weighted by Gasteiger charge is -2.28. The Morgan fingerprint density at radius 3 is 1.80 bits per heavy atom. The number of nitrogens with one attached hydrogen (secondary N) is 1. The molecule has 0 radical (unpaired) electrons. The van der Waals surface area contributed by atoms with Crippen molar-refractivity contribution in [1.82, 2.24) is 9.71 Å². The first-order chi connectivity index (χ1) is 11.3. The van der Waals surface area contributed by atoms with Gasteiger partial charge in [0.2, 0.25) is 0 Å². The van der Waals surface area contributed by atoms with Crippen LogP contribution in [0, 0.1) is 0 Å². The van der Waals surface area contributed by atoms with E-state index in [1.54, 1.807) is 41.5 Å². The summed E-state index contributed by atoms with van der Waals surface area (Å²) in [7, 11) is 0. The second-order valence-electron chi connectivity index (χ2n) is 7.14. The van der Waals surface area contributed by atoms with Gasteiger partial charge in [0.25, 0.3) is 5.91 Å². The van der Waals surface area contributed by atoms with Crippen molar-refractivity contribution in [1.29, 1.82) is 0 Å². The van der Waals surface area contributed by atoms with Gasteiger partial charge in [-0.1, -0.05) is 12.8 Å². The number of hydrogen-bond acceptors (Lipinski definition) is 7. The molecule has 1 N–H and O–H groups in total. The second kappa shape index (κ2) is 7.73. The number of nitrogens with zero attached hydrogens (tertiary/aromatic N) is 2. The highest BCUT2D eigenvalue weighted by molar-refractivity contribution is 7.78. The zero-order valence-corrected chi connectivity index (χ0v) is 16.0. The largest absolute Gasteiger partial charge is 0.443 e. The van der Waals surface area contributed by atoms with Gasteiger partial charge in [0.05, 0.1) is 5.56 Å². The fraction of sp³-hybridized carbons (Fsp3) is 0.500. The molecule has 0 spiro atoms. The molecule has 0 bridgehead atoms. The van der Waals surface area contributed by atoms with Crippen LogP contribution in [0.1, 0.15) is 51.9 Å². The molecule has 138 valence electrons. The average Bonchev–Trinajstić information content (AvgIpc) is 2.43. The van der Waals surface area contributed by atoms with Gasteiger partial charge < -0.3 is 9.47 Å². The molecule has 9 heteroatoms. The second-order valence-corrected chi connectivity index (χ2v) is 7.37. The number of pyridine rings is 1. The lowest BCUT2D eigenvalue weighted by molar-refractivity contribution is 0.0429. The van der Waals surface area contributed by atoms with Crippen LogP contribution in [0.2, 0.25) is 0 Å². The third-order valence-corrected chi connectivity index (χ3v) is 2.70. The SMILES string of the molecule is CC(C)(C)OC(=O)N(C(=O)OC(C)(C)C)c1ccc(C(=O)NS)cn1. The Labute approximate surface area is 152 Å². The molecular weight excluding hydrogens is 346 g/mol. The molecule has 1 aromatic heterocycles. The summed E-state index contributed by atoms with van der Waals surface area (Å²) < 4.78 is 12.6. The molecular formula is C16H23N3O5S. The summed E-state index contributed by atoms with van der Waals surface area (Å²) in [6.45, 7) is 10.0. The van der Waals surface area contributed by atoms with Crippen molar-refractivity contribution in [2.24, 2.45) is 0 Å². The molecule has 1 heterocycles. The predicted octanol–water partition coefficient (Wildman–Crippen LogP) is 3.33. The highest BCUT2D eigenvalue weighted by Gasteiger charge is 2.33. The van der Waals surface area contributed by atoms with Crippen LogP contribution >= 0.6 is 12.8 Å². The van der Waals surface area contributed by atoms with Crippen molar-refractivity contribution in [2.75, 3.05) is 4.90 Å². The van der Waals surface area contributed by atoms with E-state index in [9.17, 15) is 14.4 Å². The van der Waals surface area contributed by atoms with Crippen LogP contribution in [0.3, 0.4) is 0 Å². The summed E-state index contributed by atoms with van der Waals surface area (Å²) in [4.78, 5) is 41.0. The van der Waals surface area contributed by atoms with Gasteiger partial charge in [-0.25, -0.2) is 14.6 Å². The van der Waals surface area contributed by atoms with Crippen LogP contribution in [0.15, 0.2) is 18.3 Å². The number of thiol groups is 1. The van der Waals surface area contributed by atoms with Crippen LogP contribution in [-0.2, 0) is 9.47 Å². The van der Waals surface area contributed by atoms with Gasteiger partial charge in [-0.05, 0) is 53.7 Å². The highest BCUT2D eigenvalue weighted by Crippen LogP contribution is 2.20. The van der Waals surface area contributed by atoms with E-state index in [1.807, 2.05) is 0 Å². The Bertz CT molecular complexity index is 619. The number of anilines is 1. The van der Waals surface area contributed by atoms with Crippen molar-refractivity contribution in [3.8, 4) is 0 Å². The van der Waals surface area contributed by atoms with Gasteiger partial charge in [0, 0.05) is 6.20 Å². The zero-order valence-electron chi connectivity index (χ0n) is 15.1. The van der Waals surface area contributed by atoms with Crippen LogP contribution in [0.4, 0.5) is 15.4 Å². The number of hydrogen-bond donors (Lipinski definition) is 2. The Balaban J connectivity index is 3.19. The minimum absolute atomic E-state index is 0.0285. The highest BCUT2D eigenvalue weighted by atomic mass is 32.1. The topological polar surface area (TPSA) is 97.8 Å². The summed E-state index contributed by atoms with van der Waals surface area (Å²) in [5, 5.41) is 0. The van der Waals surface area contributed by atoms with Crippen molar-refractivity contribution >= 4 is 36.7 Å². The van der Waals surface area contributed by atoms with Crippen molar-refractivity contribution in [3.05, 3.63) is 23.9 Å². The summed E-state index contributed by atoms with van der Waals surface area (Å²) in [6.07, 6.45) is -0.649. The van der Waals surface area contributed by atoms with E-state index in [0.717, 1.165) is 0 Å². The Morgan fingerprint density at radius 1 is 1.00 bits per heavy atom. The first-order valence-corrected chi connectivity index (χ1v) is 7.95. The molecule has 0 fully saturated rings. The van der Waals surface area contributed by atoms with E-state index < -0.39 is 29.3 Å². The number of imide groups is 1. The van der Waals surface area contributed by atoms with Gasteiger partial charge in [0.1, 0.15) is 17.0 Å². The number of amides is 3. The van der Waals surface area contributed by atoms with E-state index >= 15 is 0 Å². The van der Waals surface area contributed by atoms with E-state index in [2.05, 4.69) is 22.5 Å². The minimum Gasteiger partial charge on any atom is -0.443 e. The Morgan fingerprint density at radius 2 is 1.48 bits per heavy atom. The average molecular weight is 369 g/mol. The standard InChI is InChI=1S/C16H23N3O5S/c1-15(2,3)23-13(21)19(14(22)24-16(4,5)6)11-8-7-10(9-17-11)12(20)18-25/h7-9,25H,1-6H3,(H,18,20). The molecule has 25 heavy (non-hydrogen) atoms. The predicted molar refractivity (Wildman–Crippen MR) is 95.6 cm³/mol. The molecule has 0 aliphatic carbocycles. The van der Waals surface area contributed by atoms with Crippen LogP contribution in [-0.4, -0.2) is 34.3 Å². The molecule has 0 saturated heterocycles. The maximum atomic E-state index is 12.4. The molecule has 0 unspecified atom stereocenters. The Kier molecular flexibility index (Phi) is 6.42. The molecule has 1 aromatic rings. The summed E-state index contributed by atoms with van der Waals surface area (Å²) in [5.74, 6) is -0.498. The fourth-order valence-corrected chi connectivity index (χ4v) is 1.72. The van der Waals surface area contributed by atoms with Crippen molar-refractivity contribution in [3.63, 3.8) is 0 Å². The Hall–Kier alpha value is -2.29. The van der Waals surface area contributed by atoms with E-state index in [1.165, 1.54) is 18.3 Å². The third kappa shape index (κ3) is 6.61. The molecule has 3 amide bonds. The van der Waals surface area contributed by atoms with E-state index in [-0.39, 0.29) is 11.4 Å². The number of carbonyl (C=O) groups excluding carboxylic acids is 3. The quantitative estimate of drug-likeness (QED) is 0.776. The summed E-state index contributed by atoms with van der Waals surface area (Å²) >= 11 is 3.67. The first-order valence-electron chi connectivity index (χ1n) is 7.50. The molecule has 0 aliphatic rings. The smallest absolute Gasteiger partial charge is 0.425 e. The van der Waals surface area contributed by atoms with E-state index in [0.29, 0.717) is 4.90 Å². The van der Waals surface area contributed by atoms with Gasteiger partial charge in [-0.15, -0.1) is 0 Å². The van der Waals surface area contributed by atoms with Gasteiger partial charge in [-0.2, -0.15) is 4.90 Å².